The van der Waals surface area contributed by atoms with Gasteiger partial charge in [0, 0.05) is 0 Å². The van der Waals surface area contributed by atoms with Crippen LogP contribution in [0.15, 0.2) is 77.7 Å². The summed E-state index contributed by atoms with van der Waals surface area (Å²) in [5.41, 5.74) is 4.55. The monoisotopic (exact) mass is 478 g/mol. The third-order valence-corrected chi connectivity index (χ3v) is 7.56. The van der Waals surface area contributed by atoms with E-state index >= 15 is 0 Å². The van der Waals surface area contributed by atoms with Crippen LogP contribution < -0.4 is 9.62 Å². The highest BCUT2D eigenvalue weighted by molar-refractivity contribution is 7.92. The van der Waals surface area contributed by atoms with Crippen molar-refractivity contribution >= 4 is 21.6 Å². The van der Waals surface area contributed by atoms with Gasteiger partial charge in [0.25, 0.3) is 10.0 Å². The molecule has 0 heterocycles. The summed E-state index contributed by atoms with van der Waals surface area (Å²) < 4.78 is 28.2. The van der Waals surface area contributed by atoms with E-state index in [-0.39, 0.29) is 28.8 Å². The van der Waals surface area contributed by atoms with Crippen LogP contribution in [0.1, 0.15) is 56.0 Å². The van der Waals surface area contributed by atoms with Crippen LogP contribution in [0.2, 0.25) is 0 Å². The van der Waals surface area contributed by atoms with Gasteiger partial charge in [-0.25, -0.2) is 8.42 Å². The number of carbonyl (C=O) groups excluding carboxylic acids is 1. The molecule has 0 fully saturated rings. The van der Waals surface area contributed by atoms with Gasteiger partial charge in [-0.15, -0.1) is 0 Å². The summed E-state index contributed by atoms with van der Waals surface area (Å²) in [5.74, 6) is -0.369. The fourth-order valence-corrected chi connectivity index (χ4v) is 5.33. The summed E-state index contributed by atoms with van der Waals surface area (Å²) in [6.07, 6.45) is 0. The molecule has 180 valence electrons. The topological polar surface area (TPSA) is 66.5 Å². The van der Waals surface area contributed by atoms with Crippen LogP contribution in [0, 0.1) is 13.8 Å². The summed E-state index contributed by atoms with van der Waals surface area (Å²) in [5, 5.41) is 2.96. The molecule has 6 heteroatoms. The maximum Gasteiger partial charge on any atom is 0.264 e. The molecule has 1 unspecified atom stereocenters. The van der Waals surface area contributed by atoms with Crippen LogP contribution in [-0.2, 0) is 20.2 Å². The first-order valence-electron chi connectivity index (χ1n) is 11.4. The Labute approximate surface area is 203 Å². The molecule has 0 aliphatic heterocycles. The molecule has 1 atom stereocenters. The second-order valence-electron chi connectivity index (χ2n) is 9.83. The fourth-order valence-electron chi connectivity index (χ4n) is 3.90. The minimum absolute atomic E-state index is 0.0449. The third kappa shape index (κ3) is 6.06. The van der Waals surface area contributed by atoms with Crippen LogP contribution >= 0.6 is 0 Å². The Morgan fingerprint density at radius 2 is 1.47 bits per heavy atom. The number of rotatable bonds is 7. The van der Waals surface area contributed by atoms with E-state index in [9.17, 15) is 13.2 Å². The largest absolute Gasteiger partial charge is 0.348 e. The first-order chi connectivity index (χ1) is 15.9. The first-order valence-corrected chi connectivity index (χ1v) is 12.9. The molecule has 0 bridgehead atoms. The molecule has 1 N–H and O–H groups in total. The molecule has 0 radical (unpaired) electrons. The Morgan fingerprint density at radius 1 is 0.912 bits per heavy atom. The van der Waals surface area contributed by atoms with Gasteiger partial charge in [0.1, 0.15) is 6.54 Å². The molecule has 5 nitrogen and oxygen atoms in total. The van der Waals surface area contributed by atoms with E-state index in [0.717, 1.165) is 16.7 Å². The van der Waals surface area contributed by atoms with Crippen molar-refractivity contribution in [2.75, 3.05) is 10.8 Å². The van der Waals surface area contributed by atoms with Crippen LogP contribution in [0.25, 0.3) is 0 Å². The zero-order chi connectivity index (χ0) is 25.1. The summed E-state index contributed by atoms with van der Waals surface area (Å²) in [7, 11) is -3.93. The molecule has 0 aromatic heterocycles. The van der Waals surface area contributed by atoms with Crippen molar-refractivity contribution in [2.45, 2.75) is 57.9 Å². The van der Waals surface area contributed by atoms with Gasteiger partial charge in [-0.3, -0.25) is 9.10 Å². The zero-order valence-corrected chi connectivity index (χ0v) is 21.6. The summed E-state index contributed by atoms with van der Waals surface area (Å²) in [6.45, 7) is 11.9. The van der Waals surface area contributed by atoms with E-state index in [1.807, 2.05) is 39.0 Å². The molecule has 3 aromatic rings. The Bertz CT molecular complexity index is 1220. The first kappa shape index (κ1) is 25.5. The minimum Gasteiger partial charge on any atom is -0.348 e. The van der Waals surface area contributed by atoms with E-state index < -0.39 is 10.0 Å². The summed E-state index contributed by atoms with van der Waals surface area (Å²) in [4.78, 5) is 13.2. The normalized spacial score (nSPS) is 12.8. The molecule has 0 aliphatic rings. The van der Waals surface area contributed by atoms with E-state index in [2.05, 4.69) is 38.2 Å². The van der Waals surface area contributed by atoms with Gasteiger partial charge in [0.05, 0.1) is 16.6 Å². The number of anilines is 1. The summed E-state index contributed by atoms with van der Waals surface area (Å²) >= 11 is 0. The van der Waals surface area contributed by atoms with E-state index in [4.69, 9.17) is 0 Å². The lowest BCUT2D eigenvalue weighted by Crippen LogP contribution is -2.41. The number of hydrogen-bond acceptors (Lipinski definition) is 3. The van der Waals surface area contributed by atoms with Crippen LogP contribution in [-0.4, -0.2) is 20.9 Å². The average molecular weight is 479 g/mol. The number of carbonyl (C=O) groups is 1. The molecule has 34 heavy (non-hydrogen) atoms. The van der Waals surface area contributed by atoms with Crippen molar-refractivity contribution in [1.82, 2.24) is 5.32 Å². The highest BCUT2D eigenvalue weighted by Crippen LogP contribution is 2.27. The number of hydrogen-bond donors (Lipinski definition) is 1. The van der Waals surface area contributed by atoms with E-state index in [0.29, 0.717) is 5.69 Å². The van der Waals surface area contributed by atoms with Gasteiger partial charge in [-0.1, -0.05) is 69.3 Å². The highest BCUT2D eigenvalue weighted by Gasteiger charge is 2.28. The summed E-state index contributed by atoms with van der Waals surface area (Å²) in [6, 6.07) is 21.6. The second kappa shape index (κ2) is 10.0. The fraction of sp³-hybridized carbons (Fsp3) is 0.321. The van der Waals surface area contributed by atoms with Crippen LogP contribution in [0.3, 0.4) is 0 Å². The van der Waals surface area contributed by atoms with Crippen molar-refractivity contribution in [1.29, 1.82) is 0 Å². The lowest BCUT2D eigenvalue weighted by Gasteiger charge is -2.26. The zero-order valence-electron chi connectivity index (χ0n) is 20.8. The Kier molecular flexibility index (Phi) is 7.51. The second-order valence-corrected chi connectivity index (χ2v) is 11.7. The molecular formula is C28H34N2O3S. The van der Waals surface area contributed by atoms with Gasteiger partial charge < -0.3 is 5.32 Å². The van der Waals surface area contributed by atoms with Crippen molar-refractivity contribution in [3.8, 4) is 0 Å². The Balaban J connectivity index is 1.87. The maximum absolute atomic E-state index is 13.5. The lowest BCUT2D eigenvalue weighted by molar-refractivity contribution is -0.120. The molecular weight excluding hydrogens is 444 g/mol. The molecule has 3 aromatic carbocycles. The van der Waals surface area contributed by atoms with Gasteiger partial charge in [-0.2, -0.15) is 0 Å². The van der Waals surface area contributed by atoms with Crippen molar-refractivity contribution in [3.05, 3.63) is 95.1 Å². The number of aryl methyl sites for hydroxylation is 2. The molecule has 0 saturated carbocycles. The van der Waals surface area contributed by atoms with Gasteiger partial charge >= 0.3 is 0 Å². The average Bonchev–Trinajstić information content (AvgIpc) is 2.76. The van der Waals surface area contributed by atoms with Crippen molar-refractivity contribution < 1.29 is 13.2 Å². The van der Waals surface area contributed by atoms with Gasteiger partial charge in [0.2, 0.25) is 5.91 Å². The van der Waals surface area contributed by atoms with Crippen LogP contribution in [0.5, 0.6) is 0 Å². The van der Waals surface area contributed by atoms with Crippen molar-refractivity contribution in [3.63, 3.8) is 0 Å². The molecule has 0 spiro atoms. The van der Waals surface area contributed by atoms with Crippen molar-refractivity contribution in [2.24, 2.45) is 0 Å². The Morgan fingerprint density at radius 3 is 2.00 bits per heavy atom. The lowest BCUT2D eigenvalue weighted by atomic mass is 9.86. The standard InChI is InChI=1S/C28H34N2O3S/c1-20-16-21(2)18-25(17-20)30(34(32,33)26-10-8-7-9-11-26)19-27(31)29-22(3)23-12-14-24(15-13-23)28(4,5)6/h7-18,22H,19H2,1-6H3,(H,29,31). The quantitative estimate of drug-likeness (QED) is 0.475. The molecule has 0 aliphatic carbocycles. The highest BCUT2D eigenvalue weighted by atomic mass is 32.2. The maximum atomic E-state index is 13.5. The van der Waals surface area contributed by atoms with E-state index in [1.54, 1.807) is 42.5 Å². The number of sulfonamides is 1. The molecule has 1 amide bonds. The van der Waals surface area contributed by atoms with E-state index in [1.165, 1.54) is 9.87 Å². The minimum atomic E-state index is -3.93. The number of benzene rings is 3. The number of nitrogens with zero attached hydrogens (tertiary/aromatic N) is 1. The molecule has 0 saturated heterocycles. The molecule has 3 rings (SSSR count). The Hall–Kier alpha value is -3.12. The number of amides is 1. The SMILES string of the molecule is Cc1cc(C)cc(N(CC(=O)NC(C)c2ccc(C(C)(C)C)cc2)S(=O)(=O)c2ccccc2)c1. The number of nitrogens with one attached hydrogen (secondary N) is 1. The van der Waals surface area contributed by atoms with Gasteiger partial charge in [0.15, 0.2) is 0 Å². The van der Waals surface area contributed by atoms with Crippen LogP contribution in [0.4, 0.5) is 5.69 Å². The third-order valence-electron chi connectivity index (χ3n) is 5.77. The predicted octanol–water partition coefficient (Wildman–Crippen LogP) is 5.67. The smallest absolute Gasteiger partial charge is 0.264 e. The van der Waals surface area contributed by atoms with Gasteiger partial charge in [-0.05, 0) is 72.7 Å². The predicted molar refractivity (Wildman–Crippen MR) is 139 cm³/mol.